The average Bonchev–Trinajstić information content (AvgIpc) is 2.44. The lowest BCUT2D eigenvalue weighted by Crippen LogP contribution is -2.06. The van der Waals surface area contributed by atoms with Crippen molar-refractivity contribution < 1.29 is 18.7 Å². The van der Waals surface area contributed by atoms with Crippen molar-refractivity contribution in [3.63, 3.8) is 0 Å². The first kappa shape index (κ1) is 14.3. The number of anilines is 1. The van der Waals surface area contributed by atoms with Gasteiger partial charge in [0.2, 0.25) is 5.88 Å². The summed E-state index contributed by atoms with van der Waals surface area (Å²) in [6.07, 6.45) is 0. The largest absolute Gasteiger partial charge is 0.464 e. The van der Waals surface area contributed by atoms with E-state index in [0.29, 0.717) is 4.47 Å². The van der Waals surface area contributed by atoms with E-state index in [4.69, 9.17) is 10.5 Å². The molecular formula is C13H10BrFN2O3. The summed E-state index contributed by atoms with van der Waals surface area (Å²) < 4.78 is 24.1. The zero-order chi connectivity index (χ0) is 14.7. The smallest absolute Gasteiger partial charge is 0.356 e. The normalized spacial score (nSPS) is 10.2. The summed E-state index contributed by atoms with van der Waals surface area (Å²) in [7, 11) is 1.23. The van der Waals surface area contributed by atoms with E-state index in [1.165, 1.54) is 37.4 Å². The van der Waals surface area contributed by atoms with Crippen LogP contribution in [0.1, 0.15) is 10.5 Å². The van der Waals surface area contributed by atoms with Crippen molar-refractivity contribution in [2.24, 2.45) is 0 Å². The van der Waals surface area contributed by atoms with E-state index in [0.717, 1.165) is 0 Å². The van der Waals surface area contributed by atoms with Gasteiger partial charge in [-0.15, -0.1) is 0 Å². The van der Waals surface area contributed by atoms with E-state index in [9.17, 15) is 9.18 Å². The number of hydrogen-bond donors (Lipinski definition) is 1. The summed E-state index contributed by atoms with van der Waals surface area (Å²) in [6.45, 7) is 0. The minimum absolute atomic E-state index is 0.0205. The van der Waals surface area contributed by atoms with E-state index in [-0.39, 0.29) is 23.0 Å². The monoisotopic (exact) mass is 340 g/mol. The van der Waals surface area contributed by atoms with Gasteiger partial charge in [-0.25, -0.2) is 14.2 Å². The first-order valence-corrected chi connectivity index (χ1v) is 6.28. The van der Waals surface area contributed by atoms with E-state index in [2.05, 4.69) is 25.7 Å². The number of rotatable bonds is 3. The molecule has 0 fully saturated rings. The molecule has 2 aromatic rings. The summed E-state index contributed by atoms with van der Waals surface area (Å²) in [5.41, 5.74) is 5.89. The fraction of sp³-hybridized carbons (Fsp3) is 0.0769. The number of benzene rings is 1. The predicted molar refractivity (Wildman–Crippen MR) is 74.2 cm³/mol. The number of aromatic nitrogens is 1. The first-order chi connectivity index (χ1) is 9.51. The van der Waals surface area contributed by atoms with E-state index < -0.39 is 11.8 Å². The SMILES string of the molecule is COC(=O)c1ccc(N)c(Oc2cc(Br)ccc2F)n1. The fourth-order valence-electron chi connectivity index (χ4n) is 1.41. The fourth-order valence-corrected chi connectivity index (χ4v) is 1.75. The van der Waals surface area contributed by atoms with Crippen LogP contribution in [-0.4, -0.2) is 18.1 Å². The second kappa shape index (κ2) is 5.87. The molecule has 20 heavy (non-hydrogen) atoms. The van der Waals surface area contributed by atoms with Gasteiger partial charge in [0.15, 0.2) is 17.3 Å². The van der Waals surface area contributed by atoms with Crippen LogP contribution in [0, 0.1) is 5.82 Å². The molecule has 0 radical (unpaired) electrons. The van der Waals surface area contributed by atoms with Gasteiger partial charge in [-0.2, -0.15) is 0 Å². The number of methoxy groups -OCH3 is 1. The Labute approximate surface area is 122 Å². The van der Waals surface area contributed by atoms with Crippen molar-refractivity contribution in [2.75, 3.05) is 12.8 Å². The van der Waals surface area contributed by atoms with E-state index in [1.807, 2.05) is 0 Å². The molecule has 0 saturated carbocycles. The number of hydrogen-bond acceptors (Lipinski definition) is 5. The van der Waals surface area contributed by atoms with Gasteiger partial charge in [0.1, 0.15) is 0 Å². The highest BCUT2D eigenvalue weighted by atomic mass is 79.9. The highest BCUT2D eigenvalue weighted by Crippen LogP contribution is 2.29. The lowest BCUT2D eigenvalue weighted by Gasteiger charge is -2.09. The van der Waals surface area contributed by atoms with Crippen molar-refractivity contribution in [3.05, 3.63) is 46.3 Å². The molecule has 0 unspecified atom stereocenters. The minimum Gasteiger partial charge on any atom is -0.464 e. The number of ether oxygens (including phenoxy) is 2. The van der Waals surface area contributed by atoms with Gasteiger partial charge in [0.25, 0.3) is 0 Å². The van der Waals surface area contributed by atoms with Crippen LogP contribution in [0.4, 0.5) is 10.1 Å². The molecule has 5 nitrogen and oxygen atoms in total. The highest BCUT2D eigenvalue weighted by molar-refractivity contribution is 9.10. The van der Waals surface area contributed by atoms with Crippen molar-refractivity contribution in [2.45, 2.75) is 0 Å². The van der Waals surface area contributed by atoms with Gasteiger partial charge in [-0.3, -0.25) is 0 Å². The Hall–Kier alpha value is -2.15. The summed E-state index contributed by atoms with van der Waals surface area (Å²) in [4.78, 5) is 15.3. The molecule has 7 heteroatoms. The Morgan fingerprint density at radius 1 is 1.35 bits per heavy atom. The number of nitrogens with zero attached hydrogens (tertiary/aromatic N) is 1. The van der Waals surface area contributed by atoms with Gasteiger partial charge in [-0.05, 0) is 30.3 Å². The third-order valence-electron chi connectivity index (χ3n) is 2.38. The molecule has 1 aromatic carbocycles. The summed E-state index contributed by atoms with van der Waals surface area (Å²) >= 11 is 3.20. The van der Waals surface area contributed by atoms with Crippen LogP contribution in [0.5, 0.6) is 11.6 Å². The summed E-state index contributed by atoms with van der Waals surface area (Å²) in [5, 5.41) is 0. The molecule has 0 spiro atoms. The molecule has 104 valence electrons. The average molecular weight is 341 g/mol. The lowest BCUT2D eigenvalue weighted by atomic mass is 10.3. The maximum absolute atomic E-state index is 13.6. The second-order valence-corrected chi connectivity index (χ2v) is 4.67. The molecule has 0 aliphatic rings. The molecular weight excluding hydrogens is 331 g/mol. The topological polar surface area (TPSA) is 74.4 Å². The minimum atomic E-state index is -0.635. The van der Waals surface area contributed by atoms with Crippen molar-refractivity contribution in [1.82, 2.24) is 4.98 Å². The Morgan fingerprint density at radius 3 is 2.80 bits per heavy atom. The predicted octanol–water partition coefficient (Wildman–Crippen LogP) is 3.14. The second-order valence-electron chi connectivity index (χ2n) is 3.76. The van der Waals surface area contributed by atoms with Crippen LogP contribution in [-0.2, 0) is 4.74 Å². The Bertz CT molecular complexity index is 664. The van der Waals surface area contributed by atoms with Crippen molar-refractivity contribution in [1.29, 1.82) is 0 Å². The summed E-state index contributed by atoms with van der Waals surface area (Å²) in [5.74, 6) is -1.33. The molecule has 0 atom stereocenters. The zero-order valence-corrected chi connectivity index (χ0v) is 12.0. The van der Waals surface area contributed by atoms with Crippen LogP contribution in [0.25, 0.3) is 0 Å². The van der Waals surface area contributed by atoms with Crippen LogP contribution < -0.4 is 10.5 Å². The molecule has 0 aliphatic heterocycles. The number of nitrogens with two attached hydrogens (primary N) is 1. The molecule has 1 aromatic heterocycles. The van der Waals surface area contributed by atoms with Gasteiger partial charge >= 0.3 is 5.97 Å². The van der Waals surface area contributed by atoms with Crippen LogP contribution in [0.15, 0.2) is 34.8 Å². The van der Waals surface area contributed by atoms with Crippen molar-refractivity contribution in [3.8, 4) is 11.6 Å². The Balaban J connectivity index is 2.37. The number of esters is 1. The van der Waals surface area contributed by atoms with Crippen LogP contribution >= 0.6 is 15.9 Å². The highest BCUT2D eigenvalue weighted by Gasteiger charge is 2.14. The quantitative estimate of drug-likeness (QED) is 0.868. The Kier molecular flexibility index (Phi) is 4.19. The molecule has 2 rings (SSSR count). The maximum Gasteiger partial charge on any atom is 0.356 e. The van der Waals surface area contributed by atoms with Gasteiger partial charge in [0.05, 0.1) is 12.8 Å². The van der Waals surface area contributed by atoms with Crippen LogP contribution in [0.2, 0.25) is 0 Å². The maximum atomic E-state index is 13.6. The Morgan fingerprint density at radius 2 is 2.10 bits per heavy atom. The lowest BCUT2D eigenvalue weighted by molar-refractivity contribution is 0.0593. The molecule has 0 aliphatic carbocycles. The molecule has 0 bridgehead atoms. The van der Waals surface area contributed by atoms with Gasteiger partial charge in [-0.1, -0.05) is 15.9 Å². The third-order valence-corrected chi connectivity index (χ3v) is 2.88. The summed E-state index contributed by atoms with van der Waals surface area (Å²) in [6, 6.07) is 7.03. The molecule has 0 amide bonds. The van der Waals surface area contributed by atoms with E-state index >= 15 is 0 Å². The molecule has 2 N–H and O–H groups in total. The molecule has 0 saturated heterocycles. The first-order valence-electron chi connectivity index (χ1n) is 5.49. The zero-order valence-electron chi connectivity index (χ0n) is 10.4. The standard InChI is InChI=1S/C13H10BrFN2O3/c1-19-13(18)10-5-4-9(16)12(17-10)20-11-6-7(14)2-3-8(11)15/h2-6H,16H2,1H3. The number of halogens is 2. The van der Waals surface area contributed by atoms with Crippen LogP contribution in [0.3, 0.4) is 0 Å². The number of carbonyl (C=O) groups is 1. The van der Waals surface area contributed by atoms with E-state index in [1.54, 1.807) is 0 Å². The number of pyridine rings is 1. The number of carbonyl (C=O) groups excluding carboxylic acids is 1. The molecule has 1 heterocycles. The number of nitrogen functional groups attached to an aromatic ring is 1. The van der Waals surface area contributed by atoms with Gasteiger partial charge < -0.3 is 15.2 Å². The van der Waals surface area contributed by atoms with Gasteiger partial charge in [0, 0.05) is 4.47 Å². The third kappa shape index (κ3) is 3.05. The van der Waals surface area contributed by atoms with Crippen molar-refractivity contribution >= 4 is 27.6 Å².